The van der Waals surface area contributed by atoms with Crippen LogP contribution in [0.25, 0.3) is 0 Å². The molecule has 0 bridgehead atoms. The molecule has 25 heavy (non-hydrogen) atoms. The molecule has 2 aromatic carbocycles. The van der Waals surface area contributed by atoms with E-state index in [4.69, 9.17) is 11.6 Å². The summed E-state index contributed by atoms with van der Waals surface area (Å²) >= 11 is 6.08. The third-order valence-corrected chi connectivity index (χ3v) is 5.23. The minimum atomic E-state index is -3.65. The molecule has 5 nitrogen and oxygen atoms in total. The summed E-state index contributed by atoms with van der Waals surface area (Å²) in [5, 5.41) is 3.12. The van der Waals surface area contributed by atoms with E-state index in [0.29, 0.717) is 22.8 Å². The van der Waals surface area contributed by atoms with Crippen molar-refractivity contribution in [2.24, 2.45) is 0 Å². The van der Waals surface area contributed by atoms with Gasteiger partial charge in [-0.15, -0.1) is 0 Å². The minimum Gasteiger partial charge on any atom is -0.323 e. The Kier molecular flexibility index (Phi) is 6.08. The van der Waals surface area contributed by atoms with E-state index >= 15 is 0 Å². The number of anilines is 2. The van der Waals surface area contributed by atoms with Gasteiger partial charge in [0, 0.05) is 0 Å². The summed E-state index contributed by atoms with van der Waals surface area (Å²) in [7, 11) is -3.65. The molecule has 2 aromatic rings. The Labute approximate surface area is 153 Å². The highest BCUT2D eigenvalue weighted by Gasteiger charge is 2.31. The van der Waals surface area contributed by atoms with Gasteiger partial charge < -0.3 is 5.32 Å². The molecule has 1 atom stereocenters. The fraction of sp³-hybridized carbons (Fsp3) is 0.278. The van der Waals surface area contributed by atoms with Gasteiger partial charge in [0.15, 0.2) is 0 Å². The largest absolute Gasteiger partial charge is 0.323 e. The summed E-state index contributed by atoms with van der Waals surface area (Å²) in [4.78, 5) is 12.8. The van der Waals surface area contributed by atoms with Crippen LogP contribution in [0.15, 0.2) is 48.5 Å². The molecule has 0 aliphatic rings. The van der Waals surface area contributed by atoms with Crippen LogP contribution < -0.4 is 9.62 Å². The van der Waals surface area contributed by atoms with Crippen molar-refractivity contribution in [2.45, 2.75) is 26.3 Å². The number of nitrogens with zero attached hydrogens (tertiary/aromatic N) is 1. The van der Waals surface area contributed by atoms with Crippen LogP contribution in [0.1, 0.15) is 18.9 Å². The molecule has 0 heterocycles. The molecule has 2 rings (SSSR count). The second-order valence-electron chi connectivity index (χ2n) is 5.79. The number of carbonyl (C=O) groups is 1. The highest BCUT2D eigenvalue weighted by atomic mass is 35.5. The molecule has 1 N–H and O–H groups in total. The Morgan fingerprint density at radius 2 is 1.88 bits per heavy atom. The fourth-order valence-corrected chi connectivity index (χ4v) is 3.99. The number of halogens is 1. The van der Waals surface area contributed by atoms with Gasteiger partial charge in [0.25, 0.3) is 0 Å². The van der Waals surface area contributed by atoms with Crippen LogP contribution in [0.4, 0.5) is 11.4 Å². The molecule has 0 aromatic heterocycles. The van der Waals surface area contributed by atoms with Gasteiger partial charge in [0.1, 0.15) is 6.04 Å². The zero-order chi connectivity index (χ0) is 18.6. The number of para-hydroxylation sites is 1. The maximum atomic E-state index is 12.8. The first-order valence-electron chi connectivity index (χ1n) is 7.85. The third-order valence-electron chi connectivity index (χ3n) is 3.72. The lowest BCUT2D eigenvalue weighted by molar-refractivity contribution is -0.117. The molecular weight excluding hydrogens is 360 g/mol. The van der Waals surface area contributed by atoms with E-state index in [1.54, 1.807) is 49.4 Å². The average Bonchev–Trinajstić information content (AvgIpc) is 2.53. The summed E-state index contributed by atoms with van der Waals surface area (Å²) in [6.07, 6.45) is 1.41. The van der Waals surface area contributed by atoms with Gasteiger partial charge in [-0.1, -0.05) is 42.8 Å². The molecule has 134 valence electrons. The number of nitrogens with one attached hydrogen (secondary N) is 1. The van der Waals surface area contributed by atoms with Crippen LogP contribution >= 0.6 is 11.6 Å². The van der Waals surface area contributed by atoms with Gasteiger partial charge in [-0.3, -0.25) is 9.10 Å². The van der Waals surface area contributed by atoms with Crippen LogP contribution in [-0.2, 0) is 14.8 Å². The van der Waals surface area contributed by atoms with E-state index in [1.807, 2.05) is 13.0 Å². The highest BCUT2D eigenvalue weighted by molar-refractivity contribution is 7.92. The number of benzene rings is 2. The van der Waals surface area contributed by atoms with Gasteiger partial charge in [0.2, 0.25) is 15.9 Å². The van der Waals surface area contributed by atoms with Crippen molar-refractivity contribution in [2.75, 3.05) is 15.9 Å². The summed E-state index contributed by atoms with van der Waals surface area (Å²) in [6, 6.07) is 13.0. The molecule has 7 heteroatoms. The lowest BCUT2D eigenvalue weighted by Crippen LogP contribution is -2.47. The van der Waals surface area contributed by atoms with Gasteiger partial charge in [0.05, 0.1) is 22.7 Å². The first kappa shape index (κ1) is 19.3. The first-order chi connectivity index (χ1) is 11.7. The lowest BCUT2D eigenvalue weighted by atomic mass is 10.1. The van der Waals surface area contributed by atoms with Crippen LogP contribution in [0, 0.1) is 6.92 Å². The normalized spacial score (nSPS) is 12.5. The summed E-state index contributed by atoms with van der Waals surface area (Å²) in [6.45, 7) is 3.64. The number of aryl methyl sites for hydroxylation is 1. The Morgan fingerprint density at radius 3 is 2.44 bits per heavy atom. The van der Waals surface area contributed by atoms with Crippen molar-refractivity contribution in [3.8, 4) is 0 Å². The van der Waals surface area contributed by atoms with Crippen LogP contribution in [-0.4, -0.2) is 26.6 Å². The van der Waals surface area contributed by atoms with E-state index in [-0.39, 0.29) is 0 Å². The topological polar surface area (TPSA) is 66.5 Å². The minimum absolute atomic E-state index is 0.317. The van der Waals surface area contributed by atoms with E-state index in [0.717, 1.165) is 16.1 Å². The van der Waals surface area contributed by atoms with E-state index in [9.17, 15) is 13.2 Å². The monoisotopic (exact) mass is 380 g/mol. The van der Waals surface area contributed by atoms with E-state index in [2.05, 4.69) is 5.32 Å². The number of rotatable bonds is 6. The predicted octanol–water partition coefficient (Wildman–Crippen LogP) is 3.83. The molecule has 0 radical (unpaired) electrons. The molecule has 0 spiro atoms. The van der Waals surface area contributed by atoms with Crippen molar-refractivity contribution in [3.63, 3.8) is 0 Å². The zero-order valence-corrected chi connectivity index (χ0v) is 15.9. The molecule has 0 saturated carbocycles. The van der Waals surface area contributed by atoms with Crippen LogP contribution in [0.3, 0.4) is 0 Å². The lowest BCUT2D eigenvalue weighted by Gasteiger charge is -2.30. The molecular formula is C18H21ClN2O3S. The summed E-state index contributed by atoms with van der Waals surface area (Å²) < 4.78 is 25.9. The van der Waals surface area contributed by atoms with Crippen molar-refractivity contribution in [3.05, 3.63) is 59.1 Å². The smallest absolute Gasteiger partial charge is 0.248 e. The molecule has 1 amide bonds. The van der Waals surface area contributed by atoms with Crippen LogP contribution in [0.5, 0.6) is 0 Å². The van der Waals surface area contributed by atoms with Crippen molar-refractivity contribution < 1.29 is 13.2 Å². The van der Waals surface area contributed by atoms with Gasteiger partial charge >= 0.3 is 0 Å². The molecule has 0 unspecified atom stereocenters. The first-order valence-corrected chi connectivity index (χ1v) is 10.1. The number of carbonyl (C=O) groups excluding carboxylic acids is 1. The molecule has 0 saturated heterocycles. The second-order valence-corrected chi connectivity index (χ2v) is 8.06. The van der Waals surface area contributed by atoms with E-state index in [1.165, 1.54) is 0 Å². The standard InChI is InChI=1S/C18H21ClN2O3S/c1-4-17(18(22)20-16-11-6-5-10-15(16)19)21(25(3,23)24)14-9-7-8-13(2)12-14/h5-12,17H,4H2,1-3H3,(H,20,22)/t17-/m1/s1. The Bertz CT molecular complexity index is 868. The SMILES string of the molecule is CC[C@H](C(=O)Nc1ccccc1Cl)N(c1cccc(C)c1)S(C)(=O)=O. The summed E-state index contributed by atoms with van der Waals surface area (Å²) in [5.41, 5.74) is 1.82. The third kappa shape index (κ3) is 4.74. The van der Waals surface area contributed by atoms with Crippen molar-refractivity contribution in [1.82, 2.24) is 0 Å². The van der Waals surface area contributed by atoms with Crippen LogP contribution in [0.2, 0.25) is 5.02 Å². The predicted molar refractivity (Wildman–Crippen MR) is 103 cm³/mol. The van der Waals surface area contributed by atoms with E-state index < -0.39 is 22.0 Å². The molecule has 0 aliphatic carbocycles. The second kappa shape index (κ2) is 7.89. The van der Waals surface area contributed by atoms with Gasteiger partial charge in [-0.25, -0.2) is 8.42 Å². The fourth-order valence-electron chi connectivity index (χ4n) is 2.60. The quantitative estimate of drug-likeness (QED) is 0.828. The zero-order valence-electron chi connectivity index (χ0n) is 14.4. The number of amides is 1. The average molecular weight is 381 g/mol. The number of sulfonamides is 1. The highest BCUT2D eigenvalue weighted by Crippen LogP contribution is 2.26. The van der Waals surface area contributed by atoms with Crippen molar-refractivity contribution >= 4 is 38.9 Å². The molecule has 0 fully saturated rings. The Hall–Kier alpha value is -2.05. The molecule has 0 aliphatic heterocycles. The number of hydrogen-bond donors (Lipinski definition) is 1. The summed E-state index contributed by atoms with van der Waals surface area (Å²) in [5.74, 6) is -0.428. The van der Waals surface area contributed by atoms with Gasteiger partial charge in [-0.05, 0) is 43.2 Å². The maximum Gasteiger partial charge on any atom is 0.248 e. The Balaban J connectivity index is 2.40. The Morgan fingerprint density at radius 1 is 1.20 bits per heavy atom. The maximum absolute atomic E-state index is 12.8. The van der Waals surface area contributed by atoms with Gasteiger partial charge in [-0.2, -0.15) is 0 Å². The van der Waals surface area contributed by atoms with Crippen molar-refractivity contribution in [1.29, 1.82) is 0 Å². The number of hydrogen-bond acceptors (Lipinski definition) is 3.